The lowest BCUT2D eigenvalue weighted by molar-refractivity contribution is 0.467. The Morgan fingerprint density at radius 1 is 0.321 bits per heavy atom. The Labute approximate surface area is 308 Å². The van der Waals surface area contributed by atoms with Crippen molar-refractivity contribution in [1.82, 2.24) is 0 Å². The second kappa shape index (κ2) is 11.9. The molecule has 0 unspecified atom stereocenters. The number of fused-ring (bicyclic) bond motifs is 6. The zero-order valence-corrected chi connectivity index (χ0v) is 28.8. The molecule has 9 aromatic carbocycles. The lowest BCUT2D eigenvalue weighted by atomic mass is 9.34. The molecule has 0 radical (unpaired) electrons. The van der Waals surface area contributed by atoms with Crippen LogP contribution in [0.1, 0.15) is 0 Å². The quantitative estimate of drug-likeness (QED) is 0.137. The van der Waals surface area contributed by atoms with Crippen molar-refractivity contribution >= 4 is 44.6 Å². The first-order chi connectivity index (χ1) is 26.3. The third-order valence-electron chi connectivity index (χ3n) is 11.0. The Hall–Kier alpha value is -6.84. The summed E-state index contributed by atoms with van der Waals surface area (Å²) in [6.45, 7) is -0.0668. The Bertz CT molecular complexity index is 2830. The monoisotopic (exact) mass is 674 g/mol. The average molecular weight is 675 g/mol. The molecule has 0 aromatic heterocycles. The van der Waals surface area contributed by atoms with Crippen molar-refractivity contribution in [1.29, 1.82) is 0 Å². The van der Waals surface area contributed by atoms with Gasteiger partial charge in [0.05, 0.1) is 0 Å². The lowest BCUT2D eigenvalue weighted by Crippen LogP contribution is -2.57. The Balaban J connectivity index is 1.19. The summed E-state index contributed by atoms with van der Waals surface area (Å²) in [5.74, 6) is 3.46. The standard InChI is InChI=1S/C50H31BO2/c1-4-16-32(17-5-1)40-31-41(33-18-6-2-7-19-33)50-48-49(40)52-44-27-15-14-26-42(44)51(48)43-29-28-35(30-45(43)53-50)47-38-24-12-10-22-36(38)46(34-20-8-3-9-21-34)37-23-11-13-25-39(37)47/h1-31H. The fourth-order valence-corrected chi connectivity index (χ4v) is 8.70. The molecular formula is C50H31BO2. The summed E-state index contributed by atoms with van der Waals surface area (Å²) in [7, 11) is 0. The third kappa shape index (κ3) is 4.61. The van der Waals surface area contributed by atoms with Crippen LogP contribution < -0.4 is 25.9 Å². The van der Waals surface area contributed by atoms with Crippen molar-refractivity contribution < 1.29 is 9.47 Å². The van der Waals surface area contributed by atoms with Crippen LogP contribution in [0, 0.1) is 0 Å². The van der Waals surface area contributed by atoms with Gasteiger partial charge in [0.2, 0.25) is 0 Å². The highest BCUT2D eigenvalue weighted by Gasteiger charge is 2.42. The second-order valence-corrected chi connectivity index (χ2v) is 13.9. The minimum absolute atomic E-state index is 0.0668. The molecule has 2 nitrogen and oxygen atoms in total. The van der Waals surface area contributed by atoms with E-state index in [1.54, 1.807) is 0 Å². The van der Waals surface area contributed by atoms with Crippen molar-refractivity contribution in [2.24, 2.45) is 0 Å². The summed E-state index contributed by atoms with van der Waals surface area (Å²) in [6.07, 6.45) is 0. The van der Waals surface area contributed by atoms with Gasteiger partial charge in [0, 0.05) is 16.6 Å². The van der Waals surface area contributed by atoms with Gasteiger partial charge in [-0.15, -0.1) is 0 Å². The fraction of sp³-hybridized carbons (Fsp3) is 0. The maximum Gasteiger partial charge on any atom is 0.260 e. The van der Waals surface area contributed by atoms with Crippen molar-refractivity contribution in [3.8, 4) is 67.5 Å². The Kier molecular flexibility index (Phi) is 6.68. The molecule has 2 aliphatic rings. The zero-order chi connectivity index (χ0) is 34.9. The van der Waals surface area contributed by atoms with Gasteiger partial charge >= 0.3 is 0 Å². The van der Waals surface area contributed by atoms with Gasteiger partial charge in [-0.1, -0.05) is 170 Å². The van der Waals surface area contributed by atoms with Gasteiger partial charge in [0.15, 0.2) is 0 Å². The van der Waals surface area contributed by atoms with E-state index in [9.17, 15) is 0 Å². The fourth-order valence-electron chi connectivity index (χ4n) is 8.70. The molecule has 0 atom stereocenters. The van der Waals surface area contributed by atoms with E-state index >= 15 is 0 Å². The molecule has 2 aliphatic heterocycles. The highest BCUT2D eigenvalue weighted by molar-refractivity contribution is 6.98. The molecule has 3 heteroatoms. The summed E-state index contributed by atoms with van der Waals surface area (Å²) < 4.78 is 14.1. The Morgan fingerprint density at radius 2 is 0.755 bits per heavy atom. The van der Waals surface area contributed by atoms with E-state index in [0.29, 0.717) is 0 Å². The van der Waals surface area contributed by atoms with Gasteiger partial charge in [-0.25, -0.2) is 0 Å². The minimum atomic E-state index is -0.0668. The van der Waals surface area contributed by atoms with Gasteiger partial charge in [0.25, 0.3) is 6.71 Å². The van der Waals surface area contributed by atoms with Crippen molar-refractivity contribution in [2.45, 2.75) is 0 Å². The number of hydrogen-bond donors (Lipinski definition) is 0. The number of para-hydroxylation sites is 1. The largest absolute Gasteiger partial charge is 0.458 e. The molecule has 0 N–H and O–H groups in total. The van der Waals surface area contributed by atoms with E-state index in [-0.39, 0.29) is 6.71 Å². The van der Waals surface area contributed by atoms with Crippen LogP contribution in [0.2, 0.25) is 0 Å². The summed E-state index contributed by atoms with van der Waals surface area (Å²) >= 11 is 0. The van der Waals surface area contributed by atoms with E-state index in [1.807, 2.05) is 0 Å². The predicted octanol–water partition coefficient (Wildman–Crippen LogP) is 11.4. The Morgan fingerprint density at radius 3 is 1.32 bits per heavy atom. The van der Waals surface area contributed by atoms with Crippen LogP contribution in [0.5, 0.6) is 23.0 Å². The summed E-state index contributed by atoms with van der Waals surface area (Å²) in [6, 6.07) is 67.1. The highest BCUT2D eigenvalue weighted by atomic mass is 16.5. The summed E-state index contributed by atoms with van der Waals surface area (Å²) in [4.78, 5) is 0. The van der Waals surface area contributed by atoms with Gasteiger partial charge in [0.1, 0.15) is 23.0 Å². The summed E-state index contributed by atoms with van der Waals surface area (Å²) in [5, 5.41) is 4.91. The molecule has 9 aromatic rings. The van der Waals surface area contributed by atoms with Crippen LogP contribution in [0.25, 0.3) is 66.1 Å². The number of rotatable bonds is 4. The van der Waals surface area contributed by atoms with E-state index in [4.69, 9.17) is 9.47 Å². The maximum atomic E-state index is 7.22. The first-order valence-corrected chi connectivity index (χ1v) is 18.2. The molecule has 0 saturated heterocycles. The molecule has 246 valence electrons. The van der Waals surface area contributed by atoms with E-state index in [1.165, 1.54) is 38.2 Å². The average Bonchev–Trinajstić information content (AvgIpc) is 3.23. The van der Waals surface area contributed by atoms with Gasteiger partial charge < -0.3 is 9.47 Å². The predicted molar refractivity (Wildman–Crippen MR) is 221 cm³/mol. The molecule has 53 heavy (non-hydrogen) atoms. The maximum absolute atomic E-state index is 7.22. The molecule has 0 spiro atoms. The third-order valence-corrected chi connectivity index (χ3v) is 11.0. The molecule has 0 saturated carbocycles. The van der Waals surface area contributed by atoms with E-state index < -0.39 is 0 Å². The molecule has 2 heterocycles. The number of benzene rings is 9. The SMILES string of the molecule is c1ccc(-c2cc(-c3ccccc3)c3c4c2Oc2ccccc2B4c2ccc(-c4c5ccccc5c(-c5ccccc5)c5ccccc45)cc2O3)cc1. The first-order valence-electron chi connectivity index (χ1n) is 18.2. The normalized spacial score (nSPS) is 12.4. The summed E-state index contributed by atoms with van der Waals surface area (Å²) in [5.41, 5.74) is 12.5. The van der Waals surface area contributed by atoms with Crippen LogP contribution in [-0.2, 0) is 0 Å². The molecule has 0 bridgehead atoms. The molecule has 11 rings (SSSR count). The molecular weight excluding hydrogens is 643 g/mol. The zero-order valence-electron chi connectivity index (χ0n) is 28.8. The number of hydrogen-bond acceptors (Lipinski definition) is 2. The van der Waals surface area contributed by atoms with Crippen molar-refractivity contribution in [3.63, 3.8) is 0 Å². The van der Waals surface area contributed by atoms with Gasteiger partial charge in [-0.3, -0.25) is 0 Å². The van der Waals surface area contributed by atoms with E-state index in [0.717, 1.165) is 67.2 Å². The first kappa shape index (κ1) is 29.9. The van der Waals surface area contributed by atoms with Crippen molar-refractivity contribution in [2.75, 3.05) is 0 Å². The highest BCUT2D eigenvalue weighted by Crippen LogP contribution is 2.48. The topological polar surface area (TPSA) is 18.5 Å². The van der Waals surface area contributed by atoms with Gasteiger partial charge in [-0.2, -0.15) is 0 Å². The van der Waals surface area contributed by atoms with E-state index in [2.05, 4.69) is 188 Å². The second-order valence-electron chi connectivity index (χ2n) is 13.9. The van der Waals surface area contributed by atoms with Crippen LogP contribution >= 0.6 is 0 Å². The minimum Gasteiger partial charge on any atom is -0.458 e. The van der Waals surface area contributed by atoms with Crippen LogP contribution in [-0.4, -0.2) is 6.71 Å². The smallest absolute Gasteiger partial charge is 0.260 e. The molecule has 0 aliphatic carbocycles. The van der Waals surface area contributed by atoms with Gasteiger partial charge in [-0.05, 0) is 84.1 Å². The van der Waals surface area contributed by atoms with Crippen LogP contribution in [0.3, 0.4) is 0 Å². The lowest BCUT2D eigenvalue weighted by Gasteiger charge is -2.35. The van der Waals surface area contributed by atoms with Crippen LogP contribution in [0.4, 0.5) is 0 Å². The van der Waals surface area contributed by atoms with Crippen LogP contribution in [0.15, 0.2) is 188 Å². The molecule has 0 amide bonds. The number of ether oxygens (including phenoxy) is 2. The molecule has 0 fully saturated rings. The van der Waals surface area contributed by atoms with Crippen molar-refractivity contribution in [3.05, 3.63) is 188 Å².